The summed E-state index contributed by atoms with van der Waals surface area (Å²) >= 11 is 0. The highest BCUT2D eigenvalue weighted by Gasteiger charge is 2.21. The molecule has 1 saturated carbocycles. The lowest BCUT2D eigenvalue weighted by Crippen LogP contribution is -2.40. The minimum atomic E-state index is -0.421. The van der Waals surface area contributed by atoms with Gasteiger partial charge < -0.3 is 10.1 Å². The van der Waals surface area contributed by atoms with Gasteiger partial charge in [-0.2, -0.15) is 0 Å². The van der Waals surface area contributed by atoms with E-state index in [9.17, 15) is 4.79 Å². The van der Waals surface area contributed by atoms with Crippen LogP contribution in [0.3, 0.4) is 0 Å². The van der Waals surface area contributed by atoms with Crippen LogP contribution in [0.4, 0.5) is 4.79 Å². The Morgan fingerprint density at radius 3 is 2.73 bits per heavy atom. The van der Waals surface area contributed by atoms with Gasteiger partial charge in [-0.3, -0.25) is 0 Å². The predicted molar refractivity (Wildman–Crippen MR) is 60.8 cm³/mol. The number of alkyl carbamates (subject to hydrolysis) is 1. The van der Waals surface area contributed by atoms with E-state index in [4.69, 9.17) is 4.74 Å². The van der Waals surface area contributed by atoms with E-state index in [-0.39, 0.29) is 12.1 Å². The molecule has 0 unspecified atom stereocenters. The maximum atomic E-state index is 11.5. The second-order valence-electron chi connectivity index (χ2n) is 5.19. The van der Waals surface area contributed by atoms with E-state index in [1.54, 1.807) is 0 Å². The zero-order valence-electron chi connectivity index (χ0n) is 9.93. The maximum absolute atomic E-state index is 11.5. The van der Waals surface area contributed by atoms with Crippen LogP contribution in [0.1, 0.15) is 46.5 Å². The summed E-state index contributed by atoms with van der Waals surface area (Å²) in [4.78, 5) is 11.5. The van der Waals surface area contributed by atoms with Gasteiger partial charge in [0.2, 0.25) is 0 Å². The highest BCUT2D eigenvalue weighted by molar-refractivity contribution is 5.68. The zero-order chi connectivity index (χ0) is 11.5. The molecule has 0 radical (unpaired) electrons. The fourth-order valence-corrected chi connectivity index (χ4v) is 1.75. The van der Waals surface area contributed by atoms with Crippen LogP contribution in [0.2, 0.25) is 0 Å². The third kappa shape index (κ3) is 4.86. The summed E-state index contributed by atoms with van der Waals surface area (Å²) in [5.74, 6) is 0. The van der Waals surface area contributed by atoms with Crippen molar-refractivity contribution in [3.05, 3.63) is 12.2 Å². The molecule has 0 spiro atoms. The summed E-state index contributed by atoms with van der Waals surface area (Å²) in [7, 11) is 0. The molecule has 0 bridgehead atoms. The molecule has 1 aliphatic carbocycles. The third-order valence-electron chi connectivity index (χ3n) is 2.34. The molecule has 0 heterocycles. The Morgan fingerprint density at radius 1 is 1.53 bits per heavy atom. The van der Waals surface area contributed by atoms with E-state index >= 15 is 0 Å². The van der Waals surface area contributed by atoms with Gasteiger partial charge in [0.15, 0.2) is 0 Å². The van der Waals surface area contributed by atoms with Crippen molar-refractivity contribution in [3.63, 3.8) is 0 Å². The first kappa shape index (κ1) is 12.1. The van der Waals surface area contributed by atoms with Crippen LogP contribution >= 0.6 is 0 Å². The van der Waals surface area contributed by atoms with E-state index in [1.165, 1.54) is 5.57 Å². The molecule has 1 atom stereocenters. The van der Waals surface area contributed by atoms with Gasteiger partial charge in [-0.15, -0.1) is 0 Å². The number of amides is 1. The Kier molecular flexibility index (Phi) is 3.77. The molecule has 1 fully saturated rings. The van der Waals surface area contributed by atoms with Crippen LogP contribution in [-0.4, -0.2) is 17.7 Å². The molecule has 0 aliphatic heterocycles. The summed E-state index contributed by atoms with van der Waals surface area (Å²) in [6, 6.07) is 0.209. The number of carbonyl (C=O) groups is 1. The molecule has 1 rings (SSSR count). The van der Waals surface area contributed by atoms with Gasteiger partial charge in [0, 0.05) is 6.04 Å². The third-order valence-corrected chi connectivity index (χ3v) is 2.34. The minimum absolute atomic E-state index is 0.209. The van der Waals surface area contributed by atoms with Crippen molar-refractivity contribution in [1.29, 1.82) is 0 Å². The Labute approximate surface area is 91.9 Å². The molecule has 15 heavy (non-hydrogen) atoms. The van der Waals surface area contributed by atoms with Gasteiger partial charge in [-0.05, 0) is 46.5 Å². The lowest BCUT2D eigenvalue weighted by Gasteiger charge is -2.26. The van der Waals surface area contributed by atoms with Crippen LogP contribution in [0, 0.1) is 0 Å². The quantitative estimate of drug-likeness (QED) is 0.677. The first-order valence-corrected chi connectivity index (χ1v) is 5.53. The van der Waals surface area contributed by atoms with Gasteiger partial charge in [0.25, 0.3) is 0 Å². The Bertz CT molecular complexity index is 253. The summed E-state index contributed by atoms with van der Waals surface area (Å²) in [6.07, 6.45) is 3.80. The van der Waals surface area contributed by atoms with Gasteiger partial charge >= 0.3 is 6.09 Å². The average Bonchev–Trinajstić information content (AvgIpc) is 1.99. The molecule has 0 aromatic carbocycles. The van der Waals surface area contributed by atoms with Crippen molar-refractivity contribution >= 4 is 6.09 Å². The molecule has 0 aromatic rings. The molecule has 0 saturated heterocycles. The lowest BCUT2D eigenvalue weighted by molar-refractivity contribution is 0.0498. The first-order valence-electron chi connectivity index (χ1n) is 5.53. The fraction of sp³-hybridized carbons (Fsp3) is 0.750. The predicted octanol–water partition coefficient (Wildman–Crippen LogP) is 3.01. The van der Waals surface area contributed by atoms with Crippen molar-refractivity contribution in [2.75, 3.05) is 0 Å². The van der Waals surface area contributed by atoms with E-state index in [0.717, 1.165) is 25.7 Å². The van der Waals surface area contributed by atoms with E-state index in [0.29, 0.717) is 0 Å². The number of ether oxygens (including phenoxy) is 1. The van der Waals surface area contributed by atoms with Gasteiger partial charge in [0.05, 0.1) is 0 Å². The molecular formula is C12H21NO2. The Morgan fingerprint density at radius 2 is 2.20 bits per heavy atom. The zero-order valence-corrected chi connectivity index (χ0v) is 9.93. The van der Waals surface area contributed by atoms with Crippen molar-refractivity contribution in [1.82, 2.24) is 5.32 Å². The van der Waals surface area contributed by atoms with Crippen LogP contribution in [0.25, 0.3) is 0 Å². The second-order valence-corrected chi connectivity index (χ2v) is 5.19. The number of carbonyl (C=O) groups excluding carboxylic acids is 1. The Hall–Kier alpha value is -0.990. The van der Waals surface area contributed by atoms with E-state index < -0.39 is 5.60 Å². The monoisotopic (exact) mass is 211 g/mol. The molecule has 3 heteroatoms. The van der Waals surface area contributed by atoms with Gasteiger partial charge in [0.1, 0.15) is 5.60 Å². The standard InChI is InChI=1S/C12H21NO2/c1-9-6-5-7-10(8-9)13-11(14)15-12(2,3)4/h10H,1,5-8H2,2-4H3,(H,13,14)/t10-/m1/s1. The van der Waals surface area contributed by atoms with Gasteiger partial charge in [-0.1, -0.05) is 12.2 Å². The summed E-state index contributed by atoms with van der Waals surface area (Å²) in [5.41, 5.74) is 0.803. The first-order chi connectivity index (χ1) is 6.87. The molecule has 1 amide bonds. The largest absolute Gasteiger partial charge is 0.444 e. The molecule has 86 valence electrons. The maximum Gasteiger partial charge on any atom is 0.407 e. The van der Waals surface area contributed by atoms with Gasteiger partial charge in [-0.25, -0.2) is 4.79 Å². The molecular weight excluding hydrogens is 190 g/mol. The van der Waals surface area contributed by atoms with Crippen molar-refractivity contribution in [2.45, 2.75) is 58.1 Å². The van der Waals surface area contributed by atoms with Crippen molar-refractivity contribution in [3.8, 4) is 0 Å². The minimum Gasteiger partial charge on any atom is -0.444 e. The van der Waals surface area contributed by atoms with Crippen LogP contribution in [0.15, 0.2) is 12.2 Å². The van der Waals surface area contributed by atoms with Crippen molar-refractivity contribution in [2.24, 2.45) is 0 Å². The fourth-order valence-electron chi connectivity index (χ4n) is 1.75. The smallest absolute Gasteiger partial charge is 0.407 e. The van der Waals surface area contributed by atoms with Crippen LogP contribution in [0.5, 0.6) is 0 Å². The number of hydrogen-bond donors (Lipinski definition) is 1. The lowest BCUT2D eigenvalue weighted by atomic mass is 9.92. The summed E-state index contributed by atoms with van der Waals surface area (Å²) in [6.45, 7) is 9.56. The highest BCUT2D eigenvalue weighted by Crippen LogP contribution is 2.22. The SMILES string of the molecule is C=C1CCC[C@@H](NC(=O)OC(C)(C)C)C1. The second kappa shape index (κ2) is 4.69. The van der Waals surface area contributed by atoms with Crippen LogP contribution < -0.4 is 5.32 Å². The molecule has 0 aromatic heterocycles. The Balaban J connectivity index is 2.34. The molecule has 3 nitrogen and oxygen atoms in total. The number of hydrogen-bond acceptors (Lipinski definition) is 2. The van der Waals surface area contributed by atoms with E-state index in [2.05, 4.69) is 11.9 Å². The normalized spacial score (nSPS) is 22.3. The van der Waals surface area contributed by atoms with Crippen LogP contribution in [-0.2, 0) is 4.74 Å². The molecule has 1 aliphatic rings. The summed E-state index contributed by atoms with van der Waals surface area (Å²) in [5, 5.41) is 2.88. The van der Waals surface area contributed by atoms with Crippen molar-refractivity contribution < 1.29 is 9.53 Å². The highest BCUT2D eigenvalue weighted by atomic mass is 16.6. The topological polar surface area (TPSA) is 38.3 Å². The van der Waals surface area contributed by atoms with E-state index in [1.807, 2.05) is 20.8 Å². The summed E-state index contributed by atoms with van der Waals surface area (Å²) < 4.78 is 5.20. The number of rotatable bonds is 1. The molecule has 1 N–H and O–H groups in total. The number of nitrogens with one attached hydrogen (secondary N) is 1. The average molecular weight is 211 g/mol.